The molecule has 1 aliphatic heterocycles. The van der Waals surface area contributed by atoms with Crippen LogP contribution in [-0.2, 0) is 14.6 Å². The van der Waals surface area contributed by atoms with Crippen LogP contribution < -0.4 is 15.2 Å². The second-order valence-corrected chi connectivity index (χ2v) is 8.65. The smallest absolute Gasteiger partial charge is 0.231 e. The number of hydrogen-bond donors (Lipinski definition) is 1. The van der Waals surface area contributed by atoms with E-state index < -0.39 is 20.5 Å². The molecular formula is C15H19NO5S2. The van der Waals surface area contributed by atoms with Gasteiger partial charge in [0.05, 0.1) is 22.3 Å². The summed E-state index contributed by atoms with van der Waals surface area (Å²) in [5.74, 6) is 0.958. The van der Waals surface area contributed by atoms with Gasteiger partial charge in [0.15, 0.2) is 21.3 Å². The molecule has 0 bridgehead atoms. The lowest BCUT2D eigenvalue weighted by atomic mass is 9.99. The molecule has 8 heteroatoms. The first-order valence-electron chi connectivity index (χ1n) is 7.28. The normalized spacial score (nSPS) is 28.6. The molecule has 126 valence electrons. The Labute approximate surface area is 140 Å². The maximum atomic E-state index is 12.5. The molecule has 1 aromatic carbocycles. The zero-order valence-corrected chi connectivity index (χ0v) is 14.6. The second-order valence-electron chi connectivity index (χ2n) is 5.80. The van der Waals surface area contributed by atoms with E-state index in [4.69, 9.17) is 32.2 Å². The van der Waals surface area contributed by atoms with Gasteiger partial charge in [-0.3, -0.25) is 0 Å². The zero-order valence-electron chi connectivity index (χ0n) is 12.9. The Balaban J connectivity index is 2.06. The summed E-state index contributed by atoms with van der Waals surface area (Å²) in [5.41, 5.74) is 5.88. The van der Waals surface area contributed by atoms with Gasteiger partial charge < -0.3 is 19.9 Å². The molecule has 1 aliphatic carbocycles. The van der Waals surface area contributed by atoms with Gasteiger partial charge in [-0.1, -0.05) is 25.2 Å². The average molecular weight is 357 g/mol. The molecular weight excluding hydrogens is 338 g/mol. The first-order valence-corrected chi connectivity index (χ1v) is 9.40. The van der Waals surface area contributed by atoms with Crippen molar-refractivity contribution in [3.63, 3.8) is 0 Å². The third kappa shape index (κ3) is 2.40. The summed E-state index contributed by atoms with van der Waals surface area (Å²) in [6.45, 7) is 1.96. The van der Waals surface area contributed by atoms with Crippen molar-refractivity contribution in [3.8, 4) is 11.5 Å². The van der Waals surface area contributed by atoms with Crippen molar-refractivity contribution in [2.24, 2.45) is 11.1 Å². The molecule has 0 spiro atoms. The fraction of sp³-hybridized carbons (Fsp3) is 0.533. The van der Waals surface area contributed by atoms with Crippen molar-refractivity contribution >= 4 is 27.0 Å². The fourth-order valence-electron chi connectivity index (χ4n) is 3.47. The van der Waals surface area contributed by atoms with Gasteiger partial charge in [-0.15, -0.1) is 0 Å². The Morgan fingerprint density at radius 2 is 2.13 bits per heavy atom. The lowest BCUT2D eigenvalue weighted by Crippen LogP contribution is -2.33. The predicted molar refractivity (Wildman–Crippen MR) is 89.6 cm³/mol. The van der Waals surface area contributed by atoms with Crippen LogP contribution in [0.4, 0.5) is 0 Å². The second kappa shape index (κ2) is 5.61. The van der Waals surface area contributed by atoms with Crippen LogP contribution in [0.25, 0.3) is 0 Å². The molecule has 1 saturated carbocycles. The largest absolute Gasteiger partial charge is 0.454 e. The van der Waals surface area contributed by atoms with E-state index in [1.807, 2.05) is 6.07 Å². The van der Waals surface area contributed by atoms with Crippen LogP contribution in [-0.4, -0.2) is 44.9 Å². The van der Waals surface area contributed by atoms with Crippen molar-refractivity contribution in [2.75, 3.05) is 26.3 Å². The van der Waals surface area contributed by atoms with E-state index in [1.54, 1.807) is 19.1 Å². The van der Waals surface area contributed by atoms with Gasteiger partial charge in [0, 0.05) is 18.8 Å². The standard InChI is InChI=1S/C15H19NO5S2/c1-3-23(17,18)13-12(15(13,7-19-2)14(16)22)9-4-5-10-11(6-9)21-8-20-10/h4-6,12-13H,3,7-8H2,1-2H3,(H2,16,22)/t12-,13-,15+/m0/s1. The summed E-state index contributed by atoms with van der Waals surface area (Å²) in [6.07, 6.45) is 0. The van der Waals surface area contributed by atoms with Gasteiger partial charge in [0.1, 0.15) is 0 Å². The van der Waals surface area contributed by atoms with Crippen molar-refractivity contribution in [2.45, 2.75) is 18.1 Å². The lowest BCUT2D eigenvalue weighted by Gasteiger charge is -2.15. The van der Waals surface area contributed by atoms with Gasteiger partial charge in [0.2, 0.25) is 6.79 Å². The molecule has 23 heavy (non-hydrogen) atoms. The molecule has 2 N–H and O–H groups in total. The Morgan fingerprint density at radius 3 is 2.74 bits per heavy atom. The molecule has 0 amide bonds. The Bertz CT molecular complexity index is 748. The van der Waals surface area contributed by atoms with Crippen molar-refractivity contribution < 1.29 is 22.6 Å². The van der Waals surface area contributed by atoms with Crippen molar-refractivity contribution in [3.05, 3.63) is 23.8 Å². The minimum absolute atomic E-state index is 0.0345. The fourth-order valence-corrected chi connectivity index (χ4v) is 5.93. The van der Waals surface area contributed by atoms with E-state index in [0.29, 0.717) is 11.5 Å². The number of thiocarbonyl (C=S) groups is 1. The molecule has 0 saturated heterocycles. The molecule has 0 aromatic heterocycles. The highest BCUT2D eigenvalue weighted by atomic mass is 32.2. The third-order valence-electron chi connectivity index (χ3n) is 4.64. The molecule has 1 fully saturated rings. The monoisotopic (exact) mass is 357 g/mol. The van der Waals surface area contributed by atoms with E-state index in [2.05, 4.69) is 0 Å². The highest BCUT2D eigenvalue weighted by Crippen LogP contribution is 2.64. The van der Waals surface area contributed by atoms with Gasteiger partial charge in [-0.25, -0.2) is 8.42 Å². The summed E-state index contributed by atoms with van der Waals surface area (Å²) in [5, 5.41) is -0.669. The van der Waals surface area contributed by atoms with Crippen LogP contribution in [0.15, 0.2) is 18.2 Å². The van der Waals surface area contributed by atoms with Crippen LogP contribution in [0.3, 0.4) is 0 Å². The molecule has 0 unspecified atom stereocenters. The molecule has 1 heterocycles. The average Bonchev–Trinajstić information content (AvgIpc) is 2.99. The number of methoxy groups -OCH3 is 1. The first-order chi connectivity index (χ1) is 10.9. The van der Waals surface area contributed by atoms with Crippen molar-refractivity contribution in [1.29, 1.82) is 0 Å². The van der Waals surface area contributed by atoms with Crippen molar-refractivity contribution in [1.82, 2.24) is 0 Å². The molecule has 2 aliphatic rings. The van der Waals surface area contributed by atoms with E-state index in [1.165, 1.54) is 7.11 Å². The van der Waals surface area contributed by atoms with E-state index >= 15 is 0 Å². The van der Waals surface area contributed by atoms with E-state index in [9.17, 15) is 8.42 Å². The van der Waals surface area contributed by atoms with Crippen LogP contribution in [0.5, 0.6) is 11.5 Å². The Kier molecular flexibility index (Phi) is 4.02. The van der Waals surface area contributed by atoms with E-state index in [0.717, 1.165) is 5.56 Å². The van der Waals surface area contributed by atoms with Crippen LogP contribution in [0.1, 0.15) is 18.4 Å². The highest BCUT2D eigenvalue weighted by Gasteiger charge is 2.72. The SMILES string of the molecule is CCS(=O)(=O)[C@H]1[C@H](c2ccc3c(c2)OCO3)[C@@]1(COC)C(N)=S. The maximum absolute atomic E-state index is 12.5. The summed E-state index contributed by atoms with van der Waals surface area (Å²) in [4.78, 5) is 0.170. The minimum Gasteiger partial charge on any atom is -0.454 e. The number of fused-ring (bicyclic) bond motifs is 1. The number of benzene rings is 1. The lowest BCUT2D eigenvalue weighted by molar-refractivity contribution is 0.166. The summed E-state index contributed by atoms with van der Waals surface area (Å²) in [7, 11) is -1.81. The third-order valence-corrected chi connectivity index (χ3v) is 7.29. The van der Waals surface area contributed by atoms with Crippen LogP contribution >= 0.6 is 12.2 Å². The molecule has 3 rings (SSSR count). The van der Waals surface area contributed by atoms with Crippen LogP contribution in [0, 0.1) is 5.41 Å². The predicted octanol–water partition coefficient (Wildman–Crippen LogP) is 1.23. The molecule has 3 atom stereocenters. The number of ether oxygens (including phenoxy) is 3. The topological polar surface area (TPSA) is 87.9 Å². The minimum atomic E-state index is -3.33. The quantitative estimate of drug-likeness (QED) is 0.766. The molecule has 6 nitrogen and oxygen atoms in total. The molecule has 1 aromatic rings. The number of hydrogen-bond acceptors (Lipinski definition) is 6. The molecule has 0 radical (unpaired) electrons. The van der Waals surface area contributed by atoms with Gasteiger partial charge >= 0.3 is 0 Å². The van der Waals surface area contributed by atoms with Gasteiger partial charge in [0.25, 0.3) is 0 Å². The Morgan fingerprint density at radius 1 is 1.43 bits per heavy atom. The Hall–Kier alpha value is -1.38. The first kappa shape index (κ1) is 16.5. The van der Waals surface area contributed by atoms with Crippen LogP contribution in [0.2, 0.25) is 0 Å². The highest BCUT2D eigenvalue weighted by molar-refractivity contribution is 7.92. The summed E-state index contributed by atoms with van der Waals surface area (Å²) >= 11 is 5.21. The maximum Gasteiger partial charge on any atom is 0.231 e. The number of sulfone groups is 1. The summed E-state index contributed by atoms with van der Waals surface area (Å²) < 4.78 is 41.0. The zero-order chi connectivity index (χ0) is 16.8. The van der Waals surface area contributed by atoms with Gasteiger partial charge in [-0.2, -0.15) is 0 Å². The van der Waals surface area contributed by atoms with E-state index in [-0.39, 0.29) is 30.1 Å². The number of rotatable bonds is 6. The van der Waals surface area contributed by atoms with Gasteiger partial charge in [-0.05, 0) is 17.7 Å². The summed E-state index contributed by atoms with van der Waals surface area (Å²) in [6, 6.07) is 5.43. The number of nitrogens with two attached hydrogens (primary N) is 1.